The Morgan fingerprint density at radius 1 is 1.10 bits per heavy atom. The molecular weight excluding hydrogens is 394 g/mol. The smallest absolute Gasteiger partial charge is 0.333 e. The number of nitrogens with zero attached hydrogens (tertiary/aromatic N) is 5. The van der Waals surface area contributed by atoms with Crippen molar-refractivity contribution in [1.29, 1.82) is 0 Å². The van der Waals surface area contributed by atoms with Crippen LogP contribution >= 0.6 is 0 Å². The molecule has 0 unspecified atom stereocenters. The number of hydrogen-bond acceptors (Lipinski definition) is 5. The van der Waals surface area contributed by atoms with Crippen molar-refractivity contribution in [3.05, 3.63) is 65.2 Å². The fraction of sp³-hybridized carbons (Fsp3) is 0.100. The summed E-state index contributed by atoms with van der Waals surface area (Å²) in [5.74, 6) is -1.35. The second-order valence-corrected chi connectivity index (χ2v) is 6.68. The molecule has 0 spiro atoms. The van der Waals surface area contributed by atoms with Gasteiger partial charge in [0, 0.05) is 35.8 Å². The van der Waals surface area contributed by atoms with Crippen molar-refractivity contribution in [1.82, 2.24) is 29.3 Å². The van der Waals surface area contributed by atoms with E-state index >= 15 is 0 Å². The van der Waals surface area contributed by atoms with E-state index in [1.807, 2.05) is 0 Å². The molecule has 8 nitrogen and oxygen atoms in total. The van der Waals surface area contributed by atoms with Gasteiger partial charge in [-0.3, -0.25) is 24.2 Å². The first-order chi connectivity index (χ1) is 14.5. The molecule has 4 aromatic heterocycles. The third kappa shape index (κ3) is 2.43. The normalized spacial score (nSPS) is 11.5. The molecule has 10 heteroatoms. The van der Waals surface area contributed by atoms with Crippen molar-refractivity contribution in [3.63, 3.8) is 0 Å². The number of hydrogen-bond donors (Lipinski definition) is 1. The lowest BCUT2D eigenvalue weighted by Crippen LogP contribution is -2.22. The van der Waals surface area contributed by atoms with Crippen molar-refractivity contribution in [2.75, 3.05) is 7.11 Å². The Hall–Kier alpha value is -4.08. The van der Waals surface area contributed by atoms with Crippen LogP contribution < -0.4 is 10.4 Å². The summed E-state index contributed by atoms with van der Waals surface area (Å²) in [7, 11) is 3.05. The molecule has 150 valence electrons. The number of nitrogens with one attached hydrogen (secondary N) is 1. The minimum atomic E-state index is -0.946. The highest BCUT2D eigenvalue weighted by molar-refractivity contribution is 6.05. The van der Waals surface area contributed by atoms with E-state index in [0.29, 0.717) is 33.2 Å². The number of aromatic nitrogens is 6. The number of imidazole rings is 1. The van der Waals surface area contributed by atoms with Crippen LogP contribution in [-0.2, 0) is 7.05 Å². The Kier molecular flexibility index (Phi) is 3.88. The van der Waals surface area contributed by atoms with Gasteiger partial charge in [-0.05, 0) is 6.07 Å². The van der Waals surface area contributed by atoms with Gasteiger partial charge >= 0.3 is 5.69 Å². The molecule has 0 aliphatic heterocycles. The monoisotopic (exact) mass is 408 g/mol. The molecule has 4 heterocycles. The molecule has 1 aromatic carbocycles. The third-order valence-electron chi connectivity index (χ3n) is 5.07. The van der Waals surface area contributed by atoms with Crippen LogP contribution in [0, 0.1) is 11.6 Å². The molecule has 30 heavy (non-hydrogen) atoms. The fourth-order valence-electron chi connectivity index (χ4n) is 3.64. The van der Waals surface area contributed by atoms with Gasteiger partial charge in [-0.2, -0.15) is 5.10 Å². The van der Waals surface area contributed by atoms with E-state index in [2.05, 4.69) is 20.2 Å². The number of benzene rings is 1. The Morgan fingerprint density at radius 2 is 1.87 bits per heavy atom. The maximum atomic E-state index is 14.6. The van der Waals surface area contributed by atoms with Crippen LogP contribution in [0.3, 0.4) is 0 Å². The minimum absolute atomic E-state index is 0.323. The van der Waals surface area contributed by atoms with E-state index in [9.17, 15) is 13.6 Å². The van der Waals surface area contributed by atoms with Crippen LogP contribution in [0.15, 0.2) is 47.9 Å². The van der Waals surface area contributed by atoms with Gasteiger partial charge in [0.1, 0.15) is 11.4 Å². The zero-order chi connectivity index (χ0) is 21.0. The standard InChI is InChI=1S/C20H14F2N6O2/c1-27-16-9-24-15-4-17(30-2)11(10-5-25-26-6-10)3-12(15)18(16)28(20(27)29)19-13(21)7-23-8-14(19)22/h3-9H,1-2H3,(H,25,26). The van der Waals surface area contributed by atoms with E-state index < -0.39 is 23.0 Å². The summed E-state index contributed by atoms with van der Waals surface area (Å²) in [5.41, 5.74) is 1.58. The van der Waals surface area contributed by atoms with Crippen molar-refractivity contribution in [3.8, 4) is 22.6 Å². The number of rotatable bonds is 3. The maximum absolute atomic E-state index is 14.6. The first kappa shape index (κ1) is 18.0. The maximum Gasteiger partial charge on any atom is 0.333 e. The summed E-state index contributed by atoms with van der Waals surface area (Å²) in [6, 6.07) is 3.47. The molecule has 0 atom stereocenters. The highest BCUT2D eigenvalue weighted by Gasteiger charge is 2.22. The average Bonchev–Trinajstić information content (AvgIpc) is 3.36. The summed E-state index contributed by atoms with van der Waals surface area (Å²) < 4.78 is 36.9. The number of aryl methyl sites for hydroxylation is 1. The van der Waals surface area contributed by atoms with Gasteiger partial charge in [0.05, 0.1) is 48.4 Å². The van der Waals surface area contributed by atoms with Gasteiger partial charge < -0.3 is 4.74 Å². The van der Waals surface area contributed by atoms with Gasteiger partial charge in [0.2, 0.25) is 0 Å². The Labute approximate surface area is 167 Å². The Balaban J connectivity index is 1.98. The highest BCUT2D eigenvalue weighted by Crippen LogP contribution is 2.36. The molecule has 0 aliphatic rings. The molecule has 1 N–H and O–H groups in total. The Bertz CT molecular complexity index is 1470. The van der Waals surface area contributed by atoms with Gasteiger partial charge in [-0.1, -0.05) is 0 Å². The van der Waals surface area contributed by atoms with Gasteiger partial charge in [-0.25, -0.2) is 13.6 Å². The molecule has 5 aromatic rings. The van der Waals surface area contributed by atoms with Crippen molar-refractivity contribution >= 4 is 21.9 Å². The summed E-state index contributed by atoms with van der Waals surface area (Å²) in [4.78, 5) is 20.9. The summed E-state index contributed by atoms with van der Waals surface area (Å²) >= 11 is 0. The number of aromatic amines is 1. The van der Waals surface area contributed by atoms with Crippen molar-refractivity contribution < 1.29 is 13.5 Å². The lowest BCUT2D eigenvalue weighted by molar-refractivity contribution is 0.417. The quantitative estimate of drug-likeness (QED) is 0.496. The zero-order valence-electron chi connectivity index (χ0n) is 15.8. The van der Waals surface area contributed by atoms with Gasteiger partial charge in [0.25, 0.3) is 0 Å². The van der Waals surface area contributed by atoms with Gasteiger partial charge in [0.15, 0.2) is 11.6 Å². The molecule has 0 bridgehead atoms. The largest absolute Gasteiger partial charge is 0.496 e. The molecule has 0 aliphatic carbocycles. The molecule has 0 radical (unpaired) electrons. The first-order valence-electron chi connectivity index (χ1n) is 8.88. The van der Waals surface area contributed by atoms with E-state index in [1.165, 1.54) is 24.9 Å². The lowest BCUT2D eigenvalue weighted by atomic mass is 10.0. The number of fused-ring (bicyclic) bond motifs is 3. The number of pyridine rings is 2. The summed E-state index contributed by atoms with van der Waals surface area (Å²) in [6.45, 7) is 0. The van der Waals surface area contributed by atoms with Crippen LogP contribution in [0.1, 0.15) is 0 Å². The molecular formula is C20H14F2N6O2. The second-order valence-electron chi connectivity index (χ2n) is 6.68. The predicted octanol–water partition coefficient (Wildman–Crippen LogP) is 2.95. The van der Waals surface area contributed by atoms with Crippen LogP contribution in [0.25, 0.3) is 38.8 Å². The number of ether oxygens (including phenoxy) is 1. The third-order valence-corrected chi connectivity index (χ3v) is 5.07. The average molecular weight is 408 g/mol. The zero-order valence-corrected chi connectivity index (χ0v) is 15.8. The minimum Gasteiger partial charge on any atom is -0.496 e. The lowest BCUT2D eigenvalue weighted by Gasteiger charge is -2.11. The van der Waals surface area contributed by atoms with Crippen LogP contribution in [0.5, 0.6) is 5.75 Å². The highest BCUT2D eigenvalue weighted by atomic mass is 19.1. The number of methoxy groups -OCH3 is 1. The van der Waals surface area contributed by atoms with Crippen LogP contribution in [0.2, 0.25) is 0 Å². The topological polar surface area (TPSA) is 90.6 Å². The number of halogens is 2. The van der Waals surface area contributed by atoms with E-state index in [1.54, 1.807) is 24.5 Å². The molecule has 0 fully saturated rings. The SMILES string of the molecule is COc1cc2ncc3c(c2cc1-c1cn[nH]c1)n(-c1c(F)cncc1F)c(=O)n3C. The van der Waals surface area contributed by atoms with E-state index in [4.69, 9.17) is 4.74 Å². The van der Waals surface area contributed by atoms with E-state index in [0.717, 1.165) is 22.5 Å². The van der Waals surface area contributed by atoms with Crippen LogP contribution in [-0.4, -0.2) is 36.4 Å². The van der Waals surface area contributed by atoms with Crippen molar-refractivity contribution in [2.24, 2.45) is 7.05 Å². The van der Waals surface area contributed by atoms with Crippen molar-refractivity contribution in [2.45, 2.75) is 0 Å². The molecule has 5 rings (SSSR count). The summed E-state index contributed by atoms with van der Waals surface area (Å²) in [6.07, 6.45) is 6.54. The van der Waals surface area contributed by atoms with Gasteiger partial charge in [-0.15, -0.1) is 0 Å². The summed E-state index contributed by atoms with van der Waals surface area (Å²) in [5, 5.41) is 7.23. The Morgan fingerprint density at radius 3 is 2.53 bits per heavy atom. The predicted molar refractivity (Wildman–Crippen MR) is 106 cm³/mol. The van der Waals surface area contributed by atoms with E-state index in [-0.39, 0.29) is 0 Å². The fourth-order valence-corrected chi connectivity index (χ4v) is 3.64. The molecule has 0 saturated carbocycles. The van der Waals surface area contributed by atoms with Crippen LogP contribution in [0.4, 0.5) is 8.78 Å². The second kappa shape index (κ2) is 6.48. The molecule has 0 amide bonds. The first-order valence-corrected chi connectivity index (χ1v) is 8.88. The molecule has 0 saturated heterocycles. The number of H-pyrrole nitrogens is 1.